The predicted molar refractivity (Wildman–Crippen MR) is 60.8 cm³/mol. The number of hydrogen-bond acceptors (Lipinski definition) is 4. The lowest BCUT2D eigenvalue weighted by Gasteiger charge is -2.20. The fraction of sp³-hybridized carbons (Fsp3) is 0.667. The third-order valence-electron chi connectivity index (χ3n) is 2.29. The highest BCUT2D eigenvalue weighted by Crippen LogP contribution is 2.18. The number of ketones is 1. The molecule has 0 rings (SSSR count). The zero-order valence-electron chi connectivity index (χ0n) is 10.3. The number of ether oxygens (including phenoxy) is 1. The van der Waals surface area contributed by atoms with Gasteiger partial charge in [0.1, 0.15) is 6.10 Å². The largest absolute Gasteiger partial charge is 0.463 e. The third-order valence-corrected chi connectivity index (χ3v) is 2.29. The Kier molecular flexibility index (Phi) is 6.65. The van der Waals surface area contributed by atoms with Crippen LogP contribution in [0.5, 0.6) is 0 Å². The maximum Gasteiger partial charge on any atom is 0.330 e. The summed E-state index contributed by atoms with van der Waals surface area (Å²) in [4.78, 5) is 22.1. The molecule has 16 heavy (non-hydrogen) atoms. The maximum atomic E-state index is 11.1. The second kappa shape index (κ2) is 7.17. The summed E-state index contributed by atoms with van der Waals surface area (Å²) in [5, 5.41) is 9.65. The average Bonchev–Trinajstić information content (AvgIpc) is 2.17. The molecule has 92 valence electrons. The molecule has 0 fully saturated rings. The van der Waals surface area contributed by atoms with Gasteiger partial charge in [0.05, 0.1) is 6.61 Å². The van der Waals surface area contributed by atoms with E-state index in [4.69, 9.17) is 4.74 Å². The topological polar surface area (TPSA) is 63.6 Å². The molecule has 0 aromatic heterocycles. The van der Waals surface area contributed by atoms with Crippen LogP contribution in [0.2, 0.25) is 0 Å². The summed E-state index contributed by atoms with van der Waals surface area (Å²) in [5.41, 5.74) is 0. The van der Waals surface area contributed by atoms with Crippen molar-refractivity contribution in [2.45, 2.75) is 33.8 Å². The van der Waals surface area contributed by atoms with Crippen molar-refractivity contribution in [1.82, 2.24) is 0 Å². The summed E-state index contributed by atoms with van der Waals surface area (Å²) in [7, 11) is 0. The number of hydrogen-bond donors (Lipinski definition) is 1. The Morgan fingerprint density at radius 1 is 1.38 bits per heavy atom. The quantitative estimate of drug-likeness (QED) is 0.550. The number of rotatable bonds is 6. The molecular formula is C12H20O4. The minimum Gasteiger partial charge on any atom is -0.463 e. The summed E-state index contributed by atoms with van der Waals surface area (Å²) in [6, 6.07) is 0. The van der Waals surface area contributed by atoms with Crippen LogP contribution in [0.4, 0.5) is 0 Å². The number of esters is 1. The van der Waals surface area contributed by atoms with Gasteiger partial charge >= 0.3 is 5.97 Å². The van der Waals surface area contributed by atoms with Gasteiger partial charge in [0.25, 0.3) is 0 Å². The zero-order valence-corrected chi connectivity index (χ0v) is 10.3. The molecule has 0 unspecified atom stereocenters. The molecule has 0 spiro atoms. The first-order chi connectivity index (χ1) is 7.40. The van der Waals surface area contributed by atoms with Gasteiger partial charge < -0.3 is 9.84 Å². The molecule has 4 heteroatoms. The van der Waals surface area contributed by atoms with Crippen LogP contribution in [0, 0.1) is 11.8 Å². The number of aliphatic hydroxyl groups excluding tert-OH is 1. The van der Waals surface area contributed by atoms with E-state index < -0.39 is 12.1 Å². The van der Waals surface area contributed by atoms with Crippen molar-refractivity contribution in [3.05, 3.63) is 12.2 Å². The third kappa shape index (κ3) is 5.07. The molecule has 0 saturated heterocycles. The van der Waals surface area contributed by atoms with Gasteiger partial charge in [0.15, 0.2) is 5.78 Å². The van der Waals surface area contributed by atoms with Crippen molar-refractivity contribution in [2.24, 2.45) is 11.8 Å². The van der Waals surface area contributed by atoms with E-state index in [1.54, 1.807) is 6.92 Å². The van der Waals surface area contributed by atoms with Crippen molar-refractivity contribution < 1.29 is 19.4 Å². The van der Waals surface area contributed by atoms with Crippen molar-refractivity contribution in [3.8, 4) is 0 Å². The normalized spacial score (nSPS) is 15.1. The van der Waals surface area contributed by atoms with Crippen LogP contribution in [0.25, 0.3) is 0 Å². The van der Waals surface area contributed by atoms with E-state index in [0.29, 0.717) is 6.61 Å². The molecule has 0 aliphatic carbocycles. The Morgan fingerprint density at radius 3 is 2.31 bits per heavy atom. The second-order valence-electron chi connectivity index (χ2n) is 3.99. The lowest BCUT2D eigenvalue weighted by atomic mass is 9.88. The fourth-order valence-corrected chi connectivity index (χ4v) is 1.34. The lowest BCUT2D eigenvalue weighted by Crippen LogP contribution is -2.30. The number of Topliss-reactive ketones (excluding diaryl/α,β-unsaturated/α-hetero) is 1. The fourth-order valence-electron chi connectivity index (χ4n) is 1.34. The molecule has 0 saturated carbocycles. The summed E-state index contributed by atoms with van der Waals surface area (Å²) in [6.45, 7) is 7.12. The van der Waals surface area contributed by atoms with E-state index in [1.807, 2.05) is 13.8 Å². The SMILES string of the molecule is CCOC(=O)/C=C/[C@@H](C(C)C)[C@@H](O)C(C)=O. The van der Waals surface area contributed by atoms with Gasteiger partial charge in [-0.05, 0) is 19.8 Å². The summed E-state index contributed by atoms with van der Waals surface area (Å²) >= 11 is 0. The van der Waals surface area contributed by atoms with Crippen molar-refractivity contribution in [1.29, 1.82) is 0 Å². The van der Waals surface area contributed by atoms with Crippen LogP contribution in [0.15, 0.2) is 12.2 Å². The number of aliphatic hydroxyl groups is 1. The zero-order chi connectivity index (χ0) is 12.7. The smallest absolute Gasteiger partial charge is 0.330 e. The minimum absolute atomic E-state index is 0.0737. The lowest BCUT2D eigenvalue weighted by molar-refractivity contribution is -0.137. The van der Waals surface area contributed by atoms with E-state index >= 15 is 0 Å². The van der Waals surface area contributed by atoms with Gasteiger partial charge in [0.2, 0.25) is 0 Å². The molecule has 4 nitrogen and oxygen atoms in total. The van der Waals surface area contributed by atoms with Gasteiger partial charge in [-0.15, -0.1) is 0 Å². The monoisotopic (exact) mass is 228 g/mol. The summed E-state index contributed by atoms with van der Waals surface area (Å²) < 4.78 is 4.72. The van der Waals surface area contributed by atoms with E-state index in [1.165, 1.54) is 19.1 Å². The highest BCUT2D eigenvalue weighted by atomic mass is 16.5. The van der Waals surface area contributed by atoms with Gasteiger partial charge in [0, 0.05) is 12.0 Å². The van der Waals surface area contributed by atoms with Crippen LogP contribution in [-0.2, 0) is 14.3 Å². The van der Waals surface area contributed by atoms with Crippen molar-refractivity contribution in [2.75, 3.05) is 6.61 Å². The van der Waals surface area contributed by atoms with Gasteiger partial charge in [-0.25, -0.2) is 4.79 Å². The van der Waals surface area contributed by atoms with Crippen LogP contribution in [-0.4, -0.2) is 29.6 Å². The first kappa shape index (κ1) is 14.8. The first-order valence-electron chi connectivity index (χ1n) is 5.43. The van der Waals surface area contributed by atoms with Crippen LogP contribution < -0.4 is 0 Å². The molecule has 0 bridgehead atoms. The predicted octanol–water partition coefficient (Wildman–Crippen LogP) is 1.33. The Bertz CT molecular complexity index is 268. The molecule has 0 aromatic carbocycles. The van der Waals surface area contributed by atoms with Gasteiger partial charge in [-0.3, -0.25) is 4.79 Å². The van der Waals surface area contributed by atoms with Gasteiger partial charge in [-0.2, -0.15) is 0 Å². The van der Waals surface area contributed by atoms with Crippen LogP contribution in [0.1, 0.15) is 27.7 Å². The molecule has 0 radical (unpaired) electrons. The molecule has 0 aromatic rings. The molecule has 1 N–H and O–H groups in total. The minimum atomic E-state index is -1.06. The average molecular weight is 228 g/mol. The first-order valence-corrected chi connectivity index (χ1v) is 5.43. The standard InChI is InChI=1S/C12H20O4/c1-5-16-11(14)7-6-10(8(2)3)12(15)9(4)13/h6-8,10,12,15H,5H2,1-4H3/b7-6+/t10-,12-/m0/s1. The van der Waals surface area contributed by atoms with E-state index in [2.05, 4.69) is 0 Å². The molecule has 2 atom stereocenters. The Morgan fingerprint density at radius 2 is 1.94 bits per heavy atom. The molecule has 0 aliphatic rings. The summed E-state index contributed by atoms with van der Waals surface area (Å²) in [6.07, 6.45) is 1.74. The molecule has 0 amide bonds. The van der Waals surface area contributed by atoms with Crippen LogP contribution >= 0.6 is 0 Å². The Hall–Kier alpha value is -1.16. The number of carbonyl (C=O) groups is 2. The molecule has 0 aliphatic heterocycles. The van der Waals surface area contributed by atoms with Gasteiger partial charge in [-0.1, -0.05) is 19.9 Å². The highest BCUT2D eigenvalue weighted by Gasteiger charge is 2.23. The molecule has 0 heterocycles. The van der Waals surface area contributed by atoms with Crippen LogP contribution in [0.3, 0.4) is 0 Å². The van der Waals surface area contributed by atoms with Crippen molar-refractivity contribution >= 4 is 11.8 Å². The Labute approximate surface area is 96.3 Å². The maximum absolute atomic E-state index is 11.1. The van der Waals surface area contributed by atoms with Crippen molar-refractivity contribution in [3.63, 3.8) is 0 Å². The van der Waals surface area contributed by atoms with E-state index in [-0.39, 0.29) is 17.6 Å². The molecular weight excluding hydrogens is 208 g/mol. The Balaban J connectivity index is 4.57. The summed E-state index contributed by atoms with van der Waals surface area (Å²) in [5.74, 6) is -1.04. The highest BCUT2D eigenvalue weighted by molar-refractivity contribution is 5.83. The number of carbonyl (C=O) groups excluding carboxylic acids is 2. The second-order valence-corrected chi connectivity index (χ2v) is 3.99. The van der Waals surface area contributed by atoms with E-state index in [9.17, 15) is 14.7 Å². The van der Waals surface area contributed by atoms with E-state index in [0.717, 1.165) is 0 Å².